The standard InChI is InChI=1S/C18H15ClN2O2/c1-11-3-4-13(9-12(11)2)15-6-7-16(23-15)18(22)21-17-8-5-14(19)10-20-17/h3-10H,1-2H3,(H,20,21,22). The van der Waals surface area contributed by atoms with E-state index in [4.69, 9.17) is 16.0 Å². The fourth-order valence-corrected chi connectivity index (χ4v) is 2.25. The minimum absolute atomic E-state index is 0.231. The van der Waals surface area contributed by atoms with Gasteiger partial charge >= 0.3 is 0 Å². The molecule has 5 heteroatoms. The lowest BCUT2D eigenvalue weighted by Crippen LogP contribution is -2.11. The number of furan rings is 1. The van der Waals surface area contributed by atoms with Crippen LogP contribution in [0.3, 0.4) is 0 Å². The molecular formula is C18H15ClN2O2. The van der Waals surface area contributed by atoms with Crippen LogP contribution in [0.25, 0.3) is 11.3 Å². The average Bonchev–Trinajstić information content (AvgIpc) is 3.02. The number of carbonyl (C=O) groups excluding carboxylic acids is 1. The average molecular weight is 327 g/mol. The van der Waals surface area contributed by atoms with Crippen molar-refractivity contribution in [2.45, 2.75) is 13.8 Å². The van der Waals surface area contributed by atoms with Gasteiger partial charge in [0.15, 0.2) is 5.76 Å². The molecule has 0 atom stereocenters. The van der Waals surface area contributed by atoms with Gasteiger partial charge in [0.05, 0.1) is 5.02 Å². The SMILES string of the molecule is Cc1ccc(-c2ccc(C(=O)Nc3ccc(Cl)cn3)o2)cc1C. The molecule has 2 heterocycles. The predicted octanol–water partition coefficient (Wildman–Crippen LogP) is 4.86. The number of aryl methyl sites for hydroxylation is 2. The number of amides is 1. The van der Waals surface area contributed by atoms with Crippen LogP contribution in [0.5, 0.6) is 0 Å². The minimum Gasteiger partial charge on any atom is -0.451 e. The summed E-state index contributed by atoms with van der Waals surface area (Å²) in [5, 5.41) is 3.18. The van der Waals surface area contributed by atoms with E-state index < -0.39 is 0 Å². The third kappa shape index (κ3) is 3.43. The Hall–Kier alpha value is -2.59. The molecule has 116 valence electrons. The molecule has 0 saturated heterocycles. The number of aromatic nitrogens is 1. The van der Waals surface area contributed by atoms with Crippen LogP contribution >= 0.6 is 11.6 Å². The zero-order valence-corrected chi connectivity index (χ0v) is 13.5. The van der Waals surface area contributed by atoms with E-state index in [0.717, 1.165) is 5.56 Å². The summed E-state index contributed by atoms with van der Waals surface area (Å²) >= 11 is 5.77. The first-order valence-electron chi connectivity index (χ1n) is 7.13. The highest BCUT2D eigenvalue weighted by Gasteiger charge is 2.13. The van der Waals surface area contributed by atoms with Crippen molar-refractivity contribution in [2.24, 2.45) is 0 Å². The molecule has 0 spiro atoms. The summed E-state index contributed by atoms with van der Waals surface area (Å²) in [4.78, 5) is 16.2. The highest BCUT2D eigenvalue weighted by molar-refractivity contribution is 6.30. The molecule has 0 aliphatic heterocycles. The van der Waals surface area contributed by atoms with Crippen molar-refractivity contribution in [3.05, 3.63) is 70.6 Å². The summed E-state index contributed by atoms with van der Waals surface area (Å²) in [6.45, 7) is 4.10. The second-order valence-corrected chi connectivity index (χ2v) is 5.72. The van der Waals surface area contributed by atoms with Crippen molar-refractivity contribution in [3.63, 3.8) is 0 Å². The van der Waals surface area contributed by atoms with E-state index in [1.54, 1.807) is 24.3 Å². The van der Waals surface area contributed by atoms with Gasteiger partial charge in [0.25, 0.3) is 5.91 Å². The molecule has 0 saturated carbocycles. The molecule has 23 heavy (non-hydrogen) atoms. The number of nitrogens with one attached hydrogen (secondary N) is 1. The number of hydrogen-bond acceptors (Lipinski definition) is 3. The molecule has 3 rings (SSSR count). The Balaban J connectivity index is 1.79. The minimum atomic E-state index is -0.352. The van der Waals surface area contributed by atoms with Crippen molar-refractivity contribution < 1.29 is 9.21 Å². The number of anilines is 1. The van der Waals surface area contributed by atoms with Crippen LogP contribution in [-0.4, -0.2) is 10.9 Å². The Kier molecular flexibility index (Phi) is 4.17. The number of halogens is 1. The number of nitrogens with zero attached hydrogens (tertiary/aromatic N) is 1. The molecule has 2 aromatic heterocycles. The third-order valence-corrected chi connectivity index (χ3v) is 3.81. The van der Waals surface area contributed by atoms with Crippen molar-refractivity contribution >= 4 is 23.3 Å². The second-order valence-electron chi connectivity index (χ2n) is 5.28. The molecule has 1 amide bonds. The van der Waals surface area contributed by atoms with Crippen LogP contribution in [0.1, 0.15) is 21.7 Å². The summed E-state index contributed by atoms with van der Waals surface area (Å²) in [6.07, 6.45) is 1.47. The quantitative estimate of drug-likeness (QED) is 0.747. The van der Waals surface area contributed by atoms with Crippen LogP contribution in [0, 0.1) is 13.8 Å². The zero-order valence-electron chi connectivity index (χ0n) is 12.8. The lowest BCUT2D eigenvalue weighted by molar-refractivity contribution is 0.0997. The van der Waals surface area contributed by atoms with Crippen molar-refractivity contribution in [2.75, 3.05) is 5.32 Å². The summed E-state index contributed by atoms with van der Waals surface area (Å²) in [5.74, 6) is 0.954. The molecule has 0 radical (unpaired) electrons. The van der Waals surface area contributed by atoms with E-state index in [-0.39, 0.29) is 11.7 Å². The van der Waals surface area contributed by atoms with Crippen LogP contribution in [-0.2, 0) is 0 Å². The third-order valence-electron chi connectivity index (χ3n) is 3.59. The van der Waals surface area contributed by atoms with Gasteiger partial charge in [-0.1, -0.05) is 23.7 Å². The van der Waals surface area contributed by atoms with E-state index in [9.17, 15) is 4.79 Å². The molecule has 0 bridgehead atoms. The van der Waals surface area contributed by atoms with E-state index in [2.05, 4.69) is 17.2 Å². The number of rotatable bonds is 3. The number of benzene rings is 1. The normalized spacial score (nSPS) is 10.6. The summed E-state index contributed by atoms with van der Waals surface area (Å²) in [5.41, 5.74) is 3.33. The van der Waals surface area contributed by atoms with E-state index >= 15 is 0 Å². The fraction of sp³-hybridized carbons (Fsp3) is 0.111. The molecular weight excluding hydrogens is 312 g/mol. The van der Waals surface area contributed by atoms with Gasteiger partial charge in [0.2, 0.25) is 0 Å². The first-order chi connectivity index (χ1) is 11.0. The Labute approximate surface area is 139 Å². The highest BCUT2D eigenvalue weighted by atomic mass is 35.5. The molecule has 0 fully saturated rings. The van der Waals surface area contributed by atoms with Crippen molar-refractivity contribution in [1.82, 2.24) is 4.98 Å². The number of pyridine rings is 1. The Morgan fingerprint density at radius 1 is 1.09 bits per heavy atom. The predicted molar refractivity (Wildman–Crippen MR) is 90.8 cm³/mol. The van der Waals surface area contributed by atoms with E-state index in [1.165, 1.54) is 17.3 Å². The Morgan fingerprint density at radius 3 is 2.61 bits per heavy atom. The van der Waals surface area contributed by atoms with Gasteiger partial charge < -0.3 is 9.73 Å². The second kappa shape index (κ2) is 6.26. The van der Waals surface area contributed by atoms with Crippen LogP contribution < -0.4 is 5.32 Å². The maximum Gasteiger partial charge on any atom is 0.292 e. The molecule has 4 nitrogen and oxygen atoms in total. The maximum absolute atomic E-state index is 12.2. The van der Waals surface area contributed by atoms with Gasteiger partial charge in [-0.15, -0.1) is 0 Å². The van der Waals surface area contributed by atoms with Crippen LogP contribution in [0.2, 0.25) is 5.02 Å². The first-order valence-corrected chi connectivity index (χ1v) is 7.51. The molecule has 0 unspecified atom stereocenters. The molecule has 1 N–H and O–H groups in total. The van der Waals surface area contributed by atoms with Gasteiger partial charge in [-0.05, 0) is 55.3 Å². The topological polar surface area (TPSA) is 55.1 Å². The van der Waals surface area contributed by atoms with Crippen LogP contribution in [0.15, 0.2) is 53.1 Å². The molecule has 1 aromatic carbocycles. The molecule has 3 aromatic rings. The lowest BCUT2D eigenvalue weighted by Gasteiger charge is -2.03. The van der Waals surface area contributed by atoms with Gasteiger partial charge in [0.1, 0.15) is 11.6 Å². The summed E-state index contributed by atoms with van der Waals surface area (Å²) in [6, 6.07) is 12.8. The lowest BCUT2D eigenvalue weighted by atomic mass is 10.1. The van der Waals surface area contributed by atoms with Gasteiger partial charge in [-0.3, -0.25) is 4.79 Å². The van der Waals surface area contributed by atoms with E-state index in [1.807, 2.05) is 25.1 Å². The molecule has 0 aliphatic rings. The largest absolute Gasteiger partial charge is 0.451 e. The highest BCUT2D eigenvalue weighted by Crippen LogP contribution is 2.24. The Morgan fingerprint density at radius 2 is 1.91 bits per heavy atom. The first kappa shape index (κ1) is 15.3. The maximum atomic E-state index is 12.2. The molecule has 0 aliphatic carbocycles. The van der Waals surface area contributed by atoms with Crippen molar-refractivity contribution in [1.29, 1.82) is 0 Å². The van der Waals surface area contributed by atoms with Crippen molar-refractivity contribution in [3.8, 4) is 11.3 Å². The monoisotopic (exact) mass is 326 g/mol. The van der Waals surface area contributed by atoms with Crippen LogP contribution in [0.4, 0.5) is 5.82 Å². The smallest absolute Gasteiger partial charge is 0.292 e. The Bertz CT molecular complexity index is 854. The number of carbonyl (C=O) groups is 1. The zero-order chi connectivity index (χ0) is 16.4. The van der Waals surface area contributed by atoms with Gasteiger partial charge in [0, 0.05) is 11.8 Å². The fourth-order valence-electron chi connectivity index (χ4n) is 2.14. The summed E-state index contributed by atoms with van der Waals surface area (Å²) < 4.78 is 5.66. The van der Waals surface area contributed by atoms with Gasteiger partial charge in [-0.2, -0.15) is 0 Å². The van der Waals surface area contributed by atoms with Gasteiger partial charge in [-0.25, -0.2) is 4.98 Å². The number of hydrogen-bond donors (Lipinski definition) is 1. The van der Waals surface area contributed by atoms with E-state index in [0.29, 0.717) is 16.6 Å². The summed E-state index contributed by atoms with van der Waals surface area (Å²) in [7, 11) is 0.